The highest BCUT2D eigenvalue weighted by Crippen LogP contribution is 2.17. The number of rotatable bonds is 4. The molecule has 0 spiro atoms. The number of ketones is 1. The topological polar surface area (TPSA) is 57.5 Å². The van der Waals surface area contributed by atoms with E-state index in [1.54, 1.807) is 12.1 Å². The molecule has 2 aromatic carbocycles. The standard InChI is InChI=1S/C15H12O.C2H6O2/c1-12(13-8-4-2-5-9-13)15(16)14-10-6-3-7-11-14;3-1-2-4/h2-11H,1H2;3-4H,1-2H2. The van der Waals surface area contributed by atoms with Crippen molar-refractivity contribution in [1.82, 2.24) is 0 Å². The zero-order valence-corrected chi connectivity index (χ0v) is 11.2. The SMILES string of the molecule is C=C(C(=O)c1ccccc1)c1ccccc1.OCCO. The third-order valence-electron chi connectivity index (χ3n) is 2.53. The van der Waals surface area contributed by atoms with E-state index in [1.165, 1.54) is 0 Å². The van der Waals surface area contributed by atoms with Crippen molar-refractivity contribution in [2.75, 3.05) is 13.2 Å². The van der Waals surface area contributed by atoms with Crippen LogP contribution in [0.2, 0.25) is 0 Å². The summed E-state index contributed by atoms with van der Waals surface area (Å²) in [6.07, 6.45) is 0. The Kier molecular flexibility index (Phi) is 6.96. The van der Waals surface area contributed by atoms with Gasteiger partial charge in [0.1, 0.15) is 0 Å². The molecule has 2 N–H and O–H groups in total. The molecule has 0 saturated carbocycles. The van der Waals surface area contributed by atoms with E-state index < -0.39 is 0 Å². The highest BCUT2D eigenvalue weighted by atomic mass is 16.3. The van der Waals surface area contributed by atoms with Crippen LogP contribution in [0.5, 0.6) is 0 Å². The van der Waals surface area contributed by atoms with Gasteiger partial charge in [0.15, 0.2) is 5.78 Å². The van der Waals surface area contributed by atoms with Crippen molar-refractivity contribution in [3.63, 3.8) is 0 Å². The molecule has 0 heterocycles. The lowest BCUT2D eigenvalue weighted by Crippen LogP contribution is -2.00. The maximum absolute atomic E-state index is 12.0. The van der Waals surface area contributed by atoms with E-state index >= 15 is 0 Å². The van der Waals surface area contributed by atoms with Crippen LogP contribution in [-0.2, 0) is 0 Å². The van der Waals surface area contributed by atoms with Gasteiger partial charge < -0.3 is 10.2 Å². The van der Waals surface area contributed by atoms with Crippen molar-refractivity contribution in [3.05, 3.63) is 78.4 Å². The molecule has 0 aromatic heterocycles. The Bertz CT molecular complexity index is 481. The second-order valence-electron chi connectivity index (χ2n) is 3.99. The van der Waals surface area contributed by atoms with Gasteiger partial charge in [0.05, 0.1) is 13.2 Å². The van der Waals surface area contributed by atoms with Gasteiger partial charge >= 0.3 is 0 Å². The molecular weight excluding hydrogens is 252 g/mol. The van der Waals surface area contributed by atoms with Gasteiger partial charge in [-0.05, 0) is 5.56 Å². The van der Waals surface area contributed by atoms with Gasteiger partial charge in [-0.1, -0.05) is 67.2 Å². The zero-order chi connectivity index (χ0) is 14.8. The molecule has 0 saturated heterocycles. The first-order chi connectivity index (χ1) is 9.70. The molecule has 0 amide bonds. The fourth-order valence-corrected chi connectivity index (χ4v) is 1.53. The van der Waals surface area contributed by atoms with Crippen molar-refractivity contribution in [3.8, 4) is 0 Å². The number of aliphatic hydroxyl groups is 2. The van der Waals surface area contributed by atoms with Crippen LogP contribution in [0, 0.1) is 0 Å². The lowest BCUT2D eigenvalue weighted by atomic mass is 9.98. The smallest absolute Gasteiger partial charge is 0.193 e. The molecule has 0 aliphatic carbocycles. The summed E-state index contributed by atoms with van der Waals surface area (Å²) in [6.45, 7) is 3.60. The van der Waals surface area contributed by atoms with Crippen LogP contribution in [0.25, 0.3) is 5.57 Å². The summed E-state index contributed by atoms with van der Waals surface area (Å²) in [5.41, 5.74) is 2.08. The molecule has 0 aliphatic heterocycles. The summed E-state index contributed by atoms with van der Waals surface area (Å²) >= 11 is 0. The lowest BCUT2D eigenvalue weighted by molar-refractivity contribution is 0.105. The molecule has 0 bridgehead atoms. The van der Waals surface area contributed by atoms with Gasteiger partial charge in [0.25, 0.3) is 0 Å². The zero-order valence-electron chi connectivity index (χ0n) is 11.2. The second kappa shape index (κ2) is 8.80. The first kappa shape index (κ1) is 15.8. The Balaban J connectivity index is 0.000000444. The Hall–Kier alpha value is -2.23. The van der Waals surface area contributed by atoms with Crippen LogP contribution >= 0.6 is 0 Å². The van der Waals surface area contributed by atoms with Gasteiger partial charge in [-0.25, -0.2) is 0 Å². The minimum Gasteiger partial charge on any atom is -0.394 e. The van der Waals surface area contributed by atoms with E-state index in [1.807, 2.05) is 48.5 Å². The molecule has 0 fully saturated rings. The van der Waals surface area contributed by atoms with Crippen LogP contribution in [0.3, 0.4) is 0 Å². The summed E-state index contributed by atoms with van der Waals surface area (Å²) in [4.78, 5) is 12.0. The van der Waals surface area contributed by atoms with E-state index in [9.17, 15) is 4.79 Å². The molecule has 104 valence electrons. The van der Waals surface area contributed by atoms with Crippen molar-refractivity contribution in [2.45, 2.75) is 0 Å². The Morgan fingerprint density at radius 2 is 1.20 bits per heavy atom. The number of hydrogen-bond donors (Lipinski definition) is 2. The maximum Gasteiger partial charge on any atom is 0.193 e. The summed E-state index contributed by atoms with van der Waals surface area (Å²) in [5.74, 6) is -0.0215. The molecule has 2 rings (SSSR count). The quantitative estimate of drug-likeness (QED) is 0.663. The molecule has 0 atom stereocenters. The van der Waals surface area contributed by atoms with Crippen LogP contribution in [0.15, 0.2) is 67.2 Å². The van der Waals surface area contributed by atoms with Crippen molar-refractivity contribution < 1.29 is 15.0 Å². The molecule has 0 unspecified atom stereocenters. The summed E-state index contributed by atoms with van der Waals surface area (Å²) in [7, 11) is 0. The fraction of sp³-hybridized carbons (Fsp3) is 0.118. The summed E-state index contributed by atoms with van der Waals surface area (Å²) in [6, 6.07) is 18.7. The Morgan fingerprint density at radius 1 is 0.800 bits per heavy atom. The van der Waals surface area contributed by atoms with E-state index in [-0.39, 0.29) is 19.0 Å². The second-order valence-corrected chi connectivity index (χ2v) is 3.99. The highest BCUT2D eigenvalue weighted by Gasteiger charge is 2.10. The Morgan fingerprint density at radius 3 is 1.60 bits per heavy atom. The Labute approximate surface area is 118 Å². The molecule has 3 heteroatoms. The molecule has 2 aromatic rings. The number of carbonyl (C=O) groups excluding carboxylic acids is 1. The third kappa shape index (κ3) is 4.80. The molecule has 3 nitrogen and oxygen atoms in total. The largest absolute Gasteiger partial charge is 0.394 e. The fourth-order valence-electron chi connectivity index (χ4n) is 1.53. The summed E-state index contributed by atoms with van der Waals surface area (Å²) in [5, 5.41) is 15.2. The third-order valence-corrected chi connectivity index (χ3v) is 2.53. The number of allylic oxidation sites excluding steroid dienone is 1. The highest BCUT2D eigenvalue weighted by molar-refractivity contribution is 6.28. The van der Waals surface area contributed by atoms with Crippen LogP contribution < -0.4 is 0 Å². The normalized spacial score (nSPS) is 9.30. The van der Waals surface area contributed by atoms with Crippen LogP contribution in [0.1, 0.15) is 15.9 Å². The van der Waals surface area contributed by atoms with Gasteiger partial charge in [0.2, 0.25) is 0 Å². The average molecular weight is 270 g/mol. The van der Waals surface area contributed by atoms with Gasteiger partial charge in [-0.15, -0.1) is 0 Å². The van der Waals surface area contributed by atoms with Crippen molar-refractivity contribution in [1.29, 1.82) is 0 Å². The van der Waals surface area contributed by atoms with E-state index in [0.717, 1.165) is 5.56 Å². The van der Waals surface area contributed by atoms with Crippen LogP contribution in [0.4, 0.5) is 0 Å². The predicted molar refractivity (Wildman–Crippen MR) is 80.4 cm³/mol. The molecule has 20 heavy (non-hydrogen) atoms. The number of hydrogen-bond acceptors (Lipinski definition) is 3. The first-order valence-corrected chi connectivity index (χ1v) is 6.26. The number of aliphatic hydroxyl groups excluding tert-OH is 2. The van der Waals surface area contributed by atoms with Gasteiger partial charge in [-0.3, -0.25) is 4.79 Å². The number of carbonyl (C=O) groups is 1. The van der Waals surface area contributed by atoms with Gasteiger partial charge in [0, 0.05) is 11.1 Å². The predicted octanol–water partition coefficient (Wildman–Crippen LogP) is 2.55. The molecular formula is C17H18O3. The average Bonchev–Trinajstić information content (AvgIpc) is 2.55. The maximum atomic E-state index is 12.0. The van der Waals surface area contributed by atoms with Gasteiger partial charge in [-0.2, -0.15) is 0 Å². The van der Waals surface area contributed by atoms with Crippen molar-refractivity contribution >= 4 is 11.4 Å². The van der Waals surface area contributed by atoms with E-state index in [4.69, 9.17) is 10.2 Å². The lowest BCUT2D eigenvalue weighted by Gasteiger charge is -2.04. The summed E-state index contributed by atoms with van der Waals surface area (Å²) < 4.78 is 0. The number of Topliss-reactive ketones (excluding diaryl/α,β-unsaturated/α-hetero) is 1. The monoisotopic (exact) mass is 270 g/mol. The number of benzene rings is 2. The van der Waals surface area contributed by atoms with Crippen molar-refractivity contribution in [2.24, 2.45) is 0 Å². The minimum absolute atomic E-state index is 0.0215. The first-order valence-electron chi connectivity index (χ1n) is 6.26. The van der Waals surface area contributed by atoms with E-state index in [2.05, 4.69) is 6.58 Å². The molecule has 0 aliphatic rings. The molecule has 0 radical (unpaired) electrons. The minimum atomic E-state index is -0.125. The van der Waals surface area contributed by atoms with E-state index in [0.29, 0.717) is 11.1 Å². The van der Waals surface area contributed by atoms with Crippen LogP contribution in [-0.4, -0.2) is 29.2 Å².